The standard InChI is InChI=1S/C14H7Cl2N3/c15-10-5-4-9(7-17)14(6-10)19-13-3-1-2-12(16)11(13)8-18/h1-6,19H. The lowest BCUT2D eigenvalue weighted by Gasteiger charge is -2.10. The van der Waals surface area contributed by atoms with Gasteiger partial charge < -0.3 is 5.32 Å². The molecule has 2 aromatic rings. The lowest BCUT2D eigenvalue weighted by atomic mass is 10.1. The average molecular weight is 288 g/mol. The summed E-state index contributed by atoms with van der Waals surface area (Å²) < 4.78 is 0. The molecule has 0 bridgehead atoms. The zero-order valence-corrected chi connectivity index (χ0v) is 11.1. The third kappa shape index (κ3) is 2.80. The summed E-state index contributed by atoms with van der Waals surface area (Å²) >= 11 is 11.9. The molecule has 0 spiro atoms. The minimum Gasteiger partial charge on any atom is -0.353 e. The van der Waals surface area contributed by atoms with E-state index in [1.165, 1.54) is 0 Å². The second-order valence-corrected chi connectivity index (χ2v) is 4.54. The summed E-state index contributed by atoms with van der Waals surface area (Å²) in [6.07, 6.45) is 0. The van der Waals surface area contributed by atoms with Gasteiger partial charge in [0.15, 0.2) is 0 Å². The highest BCUT2D eigenvalue weighted by Gasteiger charge is 2.09. The van der Waals surface area contributed by atoms with Gasteiger partial charge in [-0.3, -0.25) is 0 Å². The first-order valence-corrected chi connectivity index (χ1v) is 6.06. The molecule has 0 aromatic heterocycles. The number of anilines is 2. The highest BCUT2D eigenvalue weighted by molar-refractivity contribution is 6.32. The largest absolute Gasteiger partial charge is 0.353 e. The van der Waals surface area contributed by atoms with E-state index in [0.717, 1.165) is 0 Å². The maximum atomic E-state index is 9.09. The minimum absolute atomic E-state index is 0.327. The Hall–Kier alpha value is -2.20. The fourth-order valence-corrected chi connectivity index (χ4v) is 1.99. The zero-order chi connectivity index (χ0) is 13.8. The van der Waals surface area contributed by atoms with E-state index in [1.807, 2.05) is 6.07 Å². The van der Waals surface area contributed by atoms with Crippen molar-refractivity contribution >= 4 is 34.6 Å². The van der Waals surface area contributed by atoms with E-state index in [0.29, 0.717) is 32.5 Å². The first-order chi connectivity index (χ1) is 9.15. The van der Waals surface area contributed by atoms with Crippen LogP contribution < -0.4 is 5.32 Å². The quantitative estimate of drug-likeness (QED) is 0.886. The van der Waals surface area contributed by atoms with Crippen LogP contribution in [0.4, 0.5) is 11.4 Å². The number of nitrogens with zero attached hydrogens (tertiary/aromatic N) is 2. The summed E-state index contributed by atoms with van der Waals surface area (Å²) in [4.78, 5) is 0. The maximum Gasteiger partial charge on any atom is 0.103 e. The molecule has 92 valence electrons. The molecule has 1 N–H and O–H groups in total. The summed E-state index contributed by atoms with van der Waals surface area (Å²) in [5.74, 6) is 0. The predicted octanol–water partition coefficient (Wildman–Crippen LogP) is 4.48. The Balaban J connectivity index is 2.49. The molecule has 0 heterocycles. The molecule has 0 saturated carbocycles. The van der Waals surface area contributed by atoms with Crippen LogP contribution in [-0.2, 0) is 0 Å². The average Bonchev–Trinajstić information content (AvgIpc) is 2.39. The zero-order valence-electron chi connectivity index (χ0n) is 9.61. The number of hydrogen-bond donors (Lipinski definition) is 1. The summed E-state index contributed by atoms with van der Waals surface area (Å²) in [5.41, 5.74) is 1.84. The molecule has 0 aliphatic heterocycles. The Morgan fingerprint density at radius 3 is 2.42 bits per heavy atom. The SMILES string of the molecule is N#Cc1ccc(Cl)cc1Nc1cccc(Cl)c1C#N. The van der Waals surface area contributed by atoms with Gasteiger partial charge >= 0.3 is 0 Å². The van der Waals surface area contributed by atoms with E-state index < -0.39 is 0 Å². The normalized spacial score (nSPS) is 9.47. The maximum absolute atomic E-state index is 9.09. The van der Waals surface area contributed by atoms with Crippen molar-refractivity contribution in [3.63, 3.8) is 0 Å². The summed E-state index contributed by atoms with van der Waals surface area (Å²) in [7, 11) is 0. The van der Waals surface area contributed by atoms with Crippen molar-refractivity contribution in [3.05, 3.63) is 57.6 Å². The molecule has 0 fully saturated rings. The first kappa shape index (κ1) is 13.2. The fourth-order valence-electron chi connectivity index (χ4n) is 1.60. The Kier molecular flexibility index (Phi) is 3.92. The molecule has 0 amide bonds. The number of halogens is 2. The Labute approximate surface area is 120 Å². The molecule has 0 radical (unpaired) electrons. The molecule has 5 heteroatoms. The van der Waals surface area contributed by atoms with E-state index in [1.54, 1.807) is 36.4 Å². The Morgan fingerprint density at radius 1 is 0.947 bits per heavy atom. The van der Waals surface area contributed by atoms with Crippen LogP contribution in [0.5, 0.6) is 0 Å². The number of nitrogens with one attached hydrogen (secondary N) is 1. The van der Waals surface area contributed by atoms with Gasteiger partial charge in [0.05, 0.1) is 27.5 Å². The fraction of sp³-hybridized carbons (Fsp3) is 0. The van der Waals surface area contributed by atoms with Crippen LogP contribution in [0.2, 0.25) is 10.0 Å². The monoisotopic (exact) mass is 287 g/mol. The Bertz CT molecular complexity index is 712. The van der Waals surface area contributed by atoms with Gasteiger partial charge in [-0.05, 0) is 30.3 Å². The van der Waals surface area contributed by atoms with Crippen LogP contribution >= 0.6 is 23.2 Å². The molecule has 2 aromatic carbocycles. The summed E-state index contributed by atoms with van der Waals surface area (Å²) in [5, 5.41) is 22.0. The van der Waals surface area contributed by atoms with Crippen LogP contribution in [-0.4, -0.2) is 0 Å². The van der Waals surface area contributed by atoms with Gasteiger partial charge in [0.2, 0.25) is 0 Å². The van der Waals surface area contributed by atoms with E-state index in [-0.39, 0.29) is 0 Å². The molecule has 19 heavy (non-hydrogen) atoms. The third-order valence-electron chi connectivity index (χ3n) is 2.50. The molecule has 0 atom stereocenters. The van der Waals surface area contributed by atoms with Crippen molar-refractivity contribution in [1.29, 1.82) is 10.5 Å². The molecule has 0 aliphatic rings. The second kappa shape index (κ2) is 5.63. The van der Waals surface area contributed by atoms with Gasteiger partial charge in [-0.25, -0.2) is 0 Å². The highest BCUT2D eigenvalue weighted by Crippen LogP contribution is 2.29. The van der Waals surface area contributed by atoms with Gasteiger partial charge in [0.25, 0.3) is 0 Å². The van der Waals surface area contributed by atoms with Crippen molar-refractivity contribution in [2.45, 2.75) is 0 Å². The van der Waals surface area contributed by atoms with E-state index in [4.69, 9.17) is 33.7 Å². The molecule has 2 rings (SSSR count). The van der Waals surface area contributed by atoms with E-state index in [2.05, 4.69) is 11.4 Å². The highest BCUT2D eigenvalue weighted by atomic mass is 35.5. The van der Waals surface area contributed by atoms with Gasteiger partial charge in [-0.1, -0.05) is 29.3 Å². The number of hydrogen-bond acceptors (Lipinski definition) is 3. The number of nitriles is 2. The van der Waals surface area contributed by atoms with Crippen LogP contribution in [0.1, 0.15) is 11.1 Å². The van der Waals surface area contributed by atoms with Crippen LogP contribution in [0.25, 0.3) is 0 Å². The lowest BCUT2D eigenvalue weighted by Crippen LogP contribution is -1.96. The van der Waals surface area contributed by atoms with Crippen LogP contribution in [0, 0.1) is 22.7 Å². The Morgan fingerprint density at radius 2 is 1.74 bits per heavy atom. The smallest absolute Gasteiger partial charge is 0.103 e. The molecule has 0 unspecified atom stereocenters. The predicted molar refractivity (Wildman–Crippen MR) is 75.6 cm³/mol. The summed E-state index contributed by atoms with van der Waals surface area (Å²) in [6.45, 7) is 0. The molecule has 3 nitrogen and oxygen atoms in total. The van der Waals surface area contributed by atoms with E-state index in [9.17, 15) is 0 Å². The molecule has 0 aliphatic carbocycles. The van der Waals surface area contributed by atoms with Crippen molar-refractivity contribution in [3.8, 4) is 12.1 Å². The van der Waals surface area contributed by atoms with E-state index >= 15 is 0 Å². The topological polar surface area (TPSA) is 59.6 Å². The van der Waals surface area contributed by atoms with Gasteiger partial charge in [-0.15, -0.1) is 0 Å². The molecular weight excluding hydrogens is 281 g/mol. The van der Waals surface area contributed by atoms with Crippen molar-refractivity contribution in [2.75, 3.05) is 5.32 Å². The van der Waals surface area contributed by atoms with Crippen molar-refractivity contribution in [2.24, 2.45) is 0 Å². The van der Waals surface area contributed by atoms with Gasteiger partial charge in [0, 0.05) is 5.02 Å². The summed E-state index contributed by atoms with van der Waals surface area (Å²) in [6, 6.07) is 14.0. The number of rotatable bonds is 2. The number of benzene rings is 2. The van der Waals surface area contributed by atoms with Gasteiger partial charge in [-0.2, -0.15) is 10.5 Å². The molecule has 0 saturated heterocycles. The minimum atomic E-state index is 0.327. The van der Waals surface area contributed by atoms with Crippen LogP contribution in [0.3, 0.4) is 0 Å². The van der Waals surface area contributed by atoms with Crippen molar-refractivity contribution < 1.29 is 0 Å². The third-order valence-corrected chi connectivity index (χ3v) is 3.05. The van der Waals surface area contributed by atoms with Gasteiger partial charge in [0.1, 0.15) is 12.1 Å². The van der Waals surface area contributed by atoms with Crippen molar-refractivity contribution in [1.82, 2.24) is 0 Å². The molecular formula is C14H7Cl2N3. The second-order valence-electron chi connectivity index (χ2n) is 3.70. The van der Waals surface area contributed by atoms with Crippen LogP contribution in [0.15, 0.2) is 36.4 Å². The first-order valence-electron chi connectivity index (χ1n) is 5.31. The lowest BCUT2D eigenvalue weighted by molar-refractivity contribution is 1.44.